The molecule has 1 heterocycles. The van der Waals surface area contributed by atoms with Gasteiger partial charge in [0.15, 0.2) is 0 Å². The van der Waals surface area contributed by atoms with Gasteiger partial charge in [0.2, 0.25) is 10.0 Å². The van der Waals surface area contributed by atoms with Gasteiger partial charge in [-0.05, 0) is 32.9 Å². The van der Waals surface area contributed by atoms with Gasteiger partial charge in [-0.1, -0.05) is 32.1 Å². The first-order valence-electron chi connectivity index (χ1n) is 7.79. The van der Waals surface area contributed by atoms with Crippen LogP contribution >= 0.6 is 11.3 Å². The zero-order valence-corrected chi connectivity index (χ0v) is 14.6. The molecule has 1 fully saturated rings. The van der Waals surface area contributed by atoms with E-state index in [1.807, 2.05) is 20.0 Å². The van der Waals surface area contributed by atoms with Gasteiger partial charge in [0.05, 0.1) is 4.90 Å². The Morgan fingerprint density at radius 3 is 2.43 bits per heavy atom. The molecular formula is C15H26N2O2S2. The summed E-state index contributed by atoms with van der Waals surface area (Å²) in [5.74, 6) is 0. The van der Waals surface area contributed by atoms with Crippen molar-refractivity contribution in [1.82, 2.24) is 10.0 Å². The van der Waals surface area contributed by atoms with Crippen LogP contribution in [0, 0.1) is 6.92 Å². The maximum absolute atomic E-state index is 12.6. The Labute approximate surface area is 132 Å². The lowest BCUT2D eigenvalue weighted by molar-refractivity contribution is 0.426. The molecule has 1 aromatic heterocycles. The summed E-state index contributed by atoms with van der Waals surface area (Å²) >= 11 is 1.55. The predicted molar refractivity (Wildman–Crippen MR) is 88.2 cm³/mol. The van der Waals surface area contributed by atoms with Crippen molar-refractivity contribution >= 4 is 21.4 Å². The Hall–Kier alpha value is -0.430. The van der Waals surface area contributed by atoms with Crippen molar-refractivity contribution in [1.29, 1.82) is 0 Å². The highest BCUT2D eigenvalue weighted by atomic mass is 32.2. The summed E-state index contributed by atoms with van der Waals surface area (Å²) in [7, 11) is -1.51. The third kappa shape index (κ3) is 4.77. The zero-order valence-electron chi connectivity index (χ0n) is 12.9. The van der Waals surface area contributed by atoms with Crippen molar-refractivity contribution in [3.63, 3.8) is 0 Å². The monoisotopic (exact) mass is 330 g/mol. The topological polar surface area (TPSA) is 58.2 Å². The number of hydrogen-bond donors (Lipinski definition) is 2. The van der Waals surface area contributed by atoms with Crippen LogP contribution in [0.5, 0.6) is 0 Å². The molecule has 0 aromatic carbocycles. The van der Waals surface area contributed by atoms with Crippen LogP contribution in [0.3, 0.4) is 0 Å². The van der Waals surface area contributed by atoms with Crippen LogP contribution in [0.15, 0.2) is 11.0 Å². The molecule has 0 amide bonds. The van der Waals surface area contributed by atoms with E-state index in [-0.39, 0.29) is 6.04 Å². The third-order valence-electron chi connectivity index (χ3n) is 3.99. The molecular weight excluding hydrogens is 304 g/mol. The second-order valence-electron chi connectivity index (χ2n) is 5.83. The average molecular weight is 331 g/mol. The summed E-state index contributed by atoms with van der Waals surface area (Å²) in [5, 5.41) is 3.07. The summed E-state index contributed by atoms with van der Waals surface area (Å²) in [6.07, 6.45) is 7.92. The number of aryl methyl sites for hydroxylation is 1. The predicted octanol–water partition coefficient (Wildman–Crippen LogP) is 3.17. The van der Waals surface area contributed by atoms with Gasteiger partial charge in [-0.25, -0.2) is 13.1 Å². The summed E-state index contributed by atoms with van der Waals surface area (Å²) in [5.41, 5.74) is 0. The highest BCUT2D eigenvalue weighted by Gasteiger charge is 2.24. The van der Waals surface area contributed by atoms with Crippen LogP contribution in [0.2, 0.25) is 0 Å². The van der Waals surface area contributed by atoms with Crippen molar-refractivity contribution in [2.24, 2.45) is 0 Å². The van der Waals surface area contributed by atoms with Crippen molar-refractivity contribution in [2.75, 3.05) is 7.05 Å². The second-order valence-corrected chi connectivity index (χ2v) is 8.85. The highest BCUT2D eigenvalue weighted by Crippen LogP contribution is 2.27. The number of nitrogens with one attached hydrogen (secondary N) is 2. The van der Waals surface area contributed by atoms with E-state index in [0.29, 0.717) is 11.4 Å². The fourth-order valence-electron chi connectivity index (χ4n) is 2.91. The van der Waals surface area contributed by atoms with E-state index >= 15 is 0 Å². The Morgan fingerprint density at radius 1 is 1.19 bits per heavy atom. The fraction of sp³-hybridized carbons (Fsp3) is 0.733. The summed E-state index contributed by atoms with van der Waals surface area (Å²) in [6.45, 7) is 2.60. The number of thiophene rings is 1. The van der Waals surface area contributed by atoms with E-state index in [1.54, 1.807) is 11.3 Å². The minimum Gasteiger partial charge on any atom is -0.315 e. The third-order valence-corrected chi connectivity index (χ3v) is 6.82. The smallest absolute Gasteiger partial charge is 0.241 e. The summed E-state index contributed by atoms with van der Waals surface area (Å²) in [4.78, 5) is 2.39. The molecule has 21 heavy (non-hydrogen) atoms. The molecule has 4 nitrogen and oxygen atoms in total. The van der Waals surface area contributed by atoms with Crippen molar-refractivity contribution in [3.05, 3.63) is 15.8 Å². The molecule has 2 N–H and O–H groups in total. The van der Waals surface area contributed by atoms with E-state index in [4.69, 9.17) is 0 Å². The summed E-state index contributed by atoms with van der Waals surface area (Å²) in [6, 6.07) is 1.91. The molecule has 120 valence electrons. The normalized spacial score (nSPS) is 18.4. The van der Waals surface area contributed by atoms with E-state index in [9.17, 15) is 8.42 Å². The standard InChI is InChI=1S/C15H26N2O2S2/c1-12-15(10-14(20-12)11-16-2)21(18,19)17-13-8-6-4-3-5-7-9-13/h10,13,16-17H,3-9,11H2,1-2H3. The van der Waals surface area contributed by atoms with E-state index in [2.05, 4.69) is 10.0 Å². The van der Waals surface area contributed by atoms with Gasteiger partial charge in [-0.3, -0.25) is 0 Å². The average Bonchev–Trinajstić information content (AvgIpc) is 2.75. The lowest BCUT2D eigenvalue weighted by atomic mass is 9.97. The molecule has 0 atom stereocenters. The van der Waals surface area contributed by atoms with Crippen LogP contribution in [-0.4, -0.2) is 21.5 Å². The van der Waals surface area contributed by atoms with E-state index in [0.717, 1.165) is 35.4 Å². The quantitative estimate of drug-likeness (QED) is 0.872. The van der Waals surface area contributed by atoms with Crippen LogP contribution in [-0.2, 0) is 16.6 Å². The molecule has 0 aliphatic heterocycles. The van der Waals surface area contributed by atoms with Gasteiger partial charge in [0, 0.05) is 22.3 Å². The molecule has 6 heteroatoms. The highest BCUT2D eigenvalue weighted by molar-refractivity contribution is 7.89. The largest absolute Gasteiger partial charge is 0.315 e. The van der Waals surface area contributed by atoms with Gasteiger partial charge in [0.1, 0.15) is 0 Å². The molecule has 0 radical (unpaired) electrons. The van der Waals surface area contributed by atoms with E-state index < -0.39 is 10.0 Å². The van der Waals surface area contributed by atoms with Crippen molar-refractivity contribution in [3.8, 4) is 0 Å². The first-order valence-corrected chi connectivity index (χ1v) is 10.1. The number of rotatable bonds is 5. The Bertz CT molecular complexity index is 544. The first-order chi connectivity index (χ1) is 10.0. The molecule has 1 saturated carbocycles. The number of sulfonamides is 1. The van der Waals surface area contributed by atoms with Gasteiger partial charge in [-0.15, -0.1) is 11.3 Å². The Kier molecular flexibility index (Phi) is 6.22. The molecule has 2 rings (SSSR count). The maximum atomic E-state index is 12.6. The Morgan fingerprint density at radius 2 is 1.81 bits per heavy atom. The second kappa shape index (κ2) is 7.72. The van der Waals surface area contributed by atoms with E-state index in [1.165, 1.54) is 19.3 Å². The SMILES string of the molecule is CNCc1cc(S(=O)(=O)NC2CCCCCCC2)c(C)s1. The molecule has 0 unspecified atom stereocenters. The molecule has 1 aliphatic rings. The van der Waals surface area contributed by atoms with Crippen molar-refractivity contribution < 1.29 is 8.42 Å². The molecule has 1 aromatic rings. The fourth-order valence-corrected chi connectivity index (χ4v) is 5.86. The van der Waals surface area contributed by atoms with Crippen LogP contribution < -0.4 is 10.0 Å². The lowest BCUT2D eigenvalue weighted by Gasteiger charge is -2.20. The van der Waals surface area contributed by atoms with Crippen LogP contribution in [0.1, 0.15) is 54.7 Å². The zero-order chi connectivity index (χ0) is 15.3. The minimum atomic E-state index is -3.38. The minimum absolute atomic E-state index is 0.0994. The summed E-state index contributed by atoms with van der Waals surface area (Å²) < 4.78 is 28.2. The maximum Gasteiger partial charge on any atom is 0.241 e. The van der Waals surface area contributed by atoms with Gasteiger partial charge < -0.3 is 5.32 Å². The lowest BCUT2D eigenvalue weighted by Crippen LogP contribution is -2.35. The van der Waals surface area contributed by atoms with Crippen LogP contribution in [0.4, 0.5) is 0 Å². The van der Waals surface area contributed by atoms with Gasteiger partial charge in [0.25, 0.3) is 0 Å². The van der Waals surface area contributed by atoms with Crippen molar-refractivity contribution in [2.45, 2.75) is 69.4 Å². The number of hydrogen-bond acceptors (Lipinski definition) is 4. The van der Waals surface area contributed by atoms with Crippen LogP contribution in [0.25, 0.3) is 0 Å². The molecule has 1 aliphatic carbocycles. The first kappa shape index (κ1) is 16.9. The van der Waals surface area contributed by atoms with Gasteiger partial charge >= 0.3 is 0 Å². The Balaban J connectivity index is 2.09. The molecule has 0 saturated heterocycles. The molecule has 0 bridgehead atoms. The molecule has 0 spiro atoms. The van der Waals surface area contributed by atoms with Gasteiger partial charge in [-0.2, -0.15) is 0 Å².